The zero-order valence-electron chi connectivity index (χ0n) is 11.0. The van der Waals surface area contributed by atoms with Crippen molar-refractivity contribution in [3.63, 3.8) is 0 Å². The highest BCUT2D eigenvalue weighted by Gasteiger charge is 2.08. The Morgan fingerprint density at radius 3 is 2.95 bits per heavy atom. The van der Waals surface area contributed by atoms with Gasteiger partial charge in [0.15, 0.2) is 5.75 Å². The minimum Gasteiger partial charge on any atom is -0.455 e. The number of fused-ring (bicyclic) bond motifs is 1. The Kier molecular flexibility index (Phi) is 3.29. The van der Waals surface area contributed by atoms with Gasteiger partial charge in [0, 0.05) is 6.07 Å². The summed E-state index contributed by atoms with van der Waals surface area (Å²) in [6.45, 7) is -0.0681. The lowest BCUT2D eigenvalue weighted by Gasteiger charge is -2.10. The fourth-order valence-electron chi connectivity index (χ4n) is 2.04. The Labute approximate surface area is 119 Å². The van der Waals surface area contributed by atoms with E-state index in [4.69, 9.17) is 15.6 Å². The Morgan fingerprint density at radius 1 is 1.29 bits per heavy atom. The maximum Gasteiger partial charge on any atom is 0.258 e. The molecule has 0 amide bonds. The number of nitrogens with one attached hydrogen (secondary N) is 1. The lowest BCUT2D eigenvalue weighted by molar-refractivity contribution is 0.281. The fraction of sp³-hybridized carbons (Fsp3) is 0.0667. The molecule has 3 aromatic rings. The van der Waals surface area contributed by atoms with Crippen LogP contribution in [0.4, 0.5) is 5.69 Å². The van der Waals surface area contributed by atoms with Crippen LogP contribution >= 0.6 is 0 Å². The number of nitrogens with zero attached hydrogens (tertiary/aromatic N) is 1. The van der Waals surface area contributed by atoms with Gasteiger partial charge in [0.1, 0.15) is 5.75 Å². The molecule has 0 spiro atoms. The number of nitrogen functional groups attached to an aromatic ring is 1. The molecule has 0 bridgehead atoms. The van der Waals surface area contributed by atoms with Crippen LogP contribution in [0.25, 0.3) is 10.9 Å². The van der Waals surface area contributed by atoms with Crippen molar-refractivity contribution in [3.05, 3.63) is 58.6 Å². The molecular formula is C15H13N3O3. The summed E-state index contributed by atoms with van der Waals surface area (Å²) in [4.78, 5) is 18.2. The summed E-state index contributed by atoms with van der Waals surface area (Å²) >= 11 is 0. The highest BCUT2D eigenvalue weighted by Crippen LogP contribution is 2.30. The summed E-state index contributed by atoms with van der Waals surface area (Å²) in [7, 11) is 0. The molecule has 0 saturated heterocycles. The van der Waals surface area contributed by atoms with Gasteiger partial charge in [0.2, 0.25) is 0 Å². The van der Waals surface area contributed by atoms with Gasteiger partial charge in [-0.15, -0.1) is 0 Å². The van der Waals surface area contributed by atoms with Crippen LogP contribution in [0.3, 0.4) is 0 Å². The first kappa shape index (κ1) is 13.1. The van der Waals surface area contributed by atoms with E-state index in [1.165, 1.54) is 12.4 Å². The Morgan fingerprint density at radius 2 is 2.14 bits per heavy atom. The van der Waals surface area contributed by atoms with Crippen molar-refractivity contribution in [1.82, 2.24) is 9.97 Å². The molecule has 0 aliphatic rings. The number of rotatable bonds is 3. The maximum atomic E-state index is 11.7. The van der Waals surface area contributed by atoms with Gasteiger partial charge in [-0.2, -0.15) is 0 Å². The summed E-state index contributed by atoms with van der Waals surface area (Å²) in [5.74, 6) is 0.966. The van der Waals surface area contributed by atoms with Crippen LogP contribution < -0.4 is 16.0 Å². The Balaban J connectivity index is 2.04. The Bertz CT molecular complexity index is 858. The van der Waals surface area contributed by atoms with Crippen molar-refractivity contribution in [3.8, 4) is 11.5 Å². The van der Waals surface area contributed by atoms with Crippen LogP contribution in [0, 0.1) is 0 Å². The van der Waals surface area contributed by atoms with Gasteiger partial charge in [-0.1, -0.05) is 12.1 Å². The van der Waals surface area contributed by atoms with Crippen LogP contribution in [0.5, 0.6) is 11.5 Å². The molecule has 6 heteroatoms. The molecule has 1 aromatic heterocycles. The molecule has 4 N–H and O–H groups in total. The second-order valence-electron chi connectivity index (χ2n) is 4.55. The third-order valence-corrected chi connectivity index (χ3v) is 3.08. The van der Waals surface area contributed by atoms with E-state index < -0.39 is 0 Å². The monoisotopic (exact) mass is 283 g/mol. The molecule has 6 nitrogen and oxygen atoms in total. The molecule has 1 heterocycles. The van der Waals surface area contributed by atoms with Crippen LogP contribution in [-0.2, 0) is 6.61 Å². The first-order valence-electron chi connectivity index (χ1n) is 6.32. The smallest absolute Gasteiger partial charge is 0.258 e. The lowest BCUT2D eigenvalue weighted by atomic mass is 10.2. The number of aliphatic hydroxyl groups is 1. The summed E-state index contributed by atoms with van der Waals surface area (Å²) in [6, 6.07) is 10.2. The number of aromatic nitrogens is 2. The molecule has 2 aromatic carbocycles. The molecule has 0 atom stereocenters. The van der Waals surface area contributed by atoms with Crippen molar-refractivity contribution >= 4 is 16.6 Å². The van der Waals surface area contributed by atoms with Gasteiger partial charge in [-0.05, 0) is 23.8 Å². The first-order valence-corrected chi connectivity index (χ1v) is 6.32. The zero-order chi connectivity index (χ0) is 14.8. The lowest BCUT2D eigenvalue weighted by Crippen LogP contribution is -2.07. The van der Waals surface area contributed by atoms with E-state index in [1.54, 1.807) is 30.3 Å². The van der Waals surface area contributed by atoms with E-state index in [2.05, 4.69) is 9.97 Å². The molecule has 0 aliphatic heterocycles. The molecule has 106 valence electrons. The van der Waals surface area contributed by atoms with Crippen LogP contribution in [-0.4, -0.2) is 15.1 Å². The van der Waals surface area contributed by atoms with Gasteiger partial charge in [-0.3, -0.25) is 4.79 Å². The number of benzene rings is 2. The van der Waals surface area contributed by atoms with Crippen LogP contribution in [0.1, 0.15) is 5.56 Å². The standard InChI is InChI=1S/C15H13N3O3/c16-12-5-11-13(17-8-18-15(11)20)6-14(12)21-10-3-1-2-9(4-10)7-19/h1-6,8,19H,7,16H2,(H,17,18,20). The number of hydrogen-bond donors (Lipinski definition) is 3. The number of aromatic amines is 1. The summed E-state index contributed by atoms with van der Waals surface area (Å²) in [5.41, 5.74) is 7.25. The molecule has 21 heavy (non-hydrogen) atoms. The van der Waals surface area contributed by atoms with E-state index in [-0.39, 0.29) is 12.2 Å². The highest BCUT2D eigenvalue weighted by molar-refractivity contribution is 5.84. The van der Waals surface area contributed by atoms with E-state index in [1.807, 2.05) is 0 Å². The fourth-order valence-corrected chi connectivity index (χ4v) is 2.04. The molecule has 0 radical (unpaired) electrons. The van der Waals surface area contributed by atoms with Crippen molar-refractivity contribution < 1.29 is 9.84 Å². The van der Waals surface area contributed by atoms with Crippen LogP contribution in [0.2, 0.25) is 0 Å². The highest BCUT2D eigenvalue weighted by atomic mass is 16.5. The maximum absolute atomic E-state index is 11.7. The number of aliphatic hydroxyl groups excluding tert-OH is 1. The predicted octanol–water partition coefficient (Wildman–Crippen LogP) is 1.79. The van der Waals surface area contributed by atoms with E-state index in [0.29, 0.717) is 28.1 Å². The van der Waals surface area contributed by atoms with E-state index in [9.17, 15) is 4.79 Å². The summed E-state index contributed by atoms with van der Waals surface area (Å²) in [6.07, 6.45) is 1.33. The third kappa shape index (κ3) is 2.56. The number of H-pyrrole nitrogens is 1. The average molecular weight is 283 g/mol. The minimum atomic E-state index is -0.250. The van der Waals surface area contributed by atoms with Gasteiger partial charge in [0.25, 0.3) is 5.56 Å². The SMILES string of the molecule is Nc1cc2c(=O)[nH]cnc2cc1Oc1cccc(CO)c1. The van der Waals surface area contributed by atoms with Gasteiger partial charge in [0.05, 0.1) is 29.5 Å². The van der Waals surface area contributed by atoms with Crippen LogP contribution in [0.15, 0.2) is 47.5 Å². The number of nitrogens with two attached hydrogens (primary N) is 1. The normalized spacial score (nSPS) is 10.7. The van der Waals surface area contributed by atoms with Gasteiger partial charge >= 0.3 is 0 Å². The molecule has 0 unspecified atom stereocenters. The van der Waals surface area contributed by atoms with Crippen molar-refractivity contribution in [2.24, 2.45) is 0 Å². The predicted molar refractivity (Wildman–Crippen MR) is 79.2 cm³/mol. The van der Waals surface area contributed by atoms with Gasteiger partial charge in [-0.25, -0.2) is 4.98 Å². The van der Waals surface area contributed by atoms with E-state index >= 15 is 0 Å². The van der Waals surface area contributed by atoms with E-state index in [0.717, 1.165) is 5.56 Å². The van der Waals surface area contributed by atoms with Crippen molar-refractivity contribution in [2.75, 3.05) is 5.73 Å². The topological polar surface area (TPSA) is 101 Å². The number of anilines is 1. The second kappa shape index (κ2) is 5.26. The van der Waals surface area contributed by atoms with Gasteiger partial charge < -0.3 is 20.6 Å². The second-order valence-corrected chi connectivity index (χ2v) is 4.55. The molecule has 0 saturated carbocycles. The molecule has 0 fully saturated rings. The minimum absolute atomic E-state index is 0.0681. The molecular weight excluding hydrogens is 270 g/mol. The summed E-state index contributed by atoms with van der Waals surface area (Å²) in [5, 5.41) is 9.53. The van der Waals surface area contributed by atoms with Crippen molar-refractivity contribution in [2.45, 2.75) is 6.61 Å². The number of hydrogen-bond acceptors (Lipinski definition) is 5. The number of ether oxygens (including phenoxy) is 1. The molecule has 0 aliphatic carbocycles. The zero-order valence-corrected chi connectivity index (χ0v) is 11.0. The largest absolute Gasteiger partial charge is 0.455 e. The third-order valence-electron chi connectivity index (χ3n) is 3.08. The average Bonchev–Trinajstić information content (AvgIpc) is 2.49. The quantitative estimate of drug-likeness (QED) is 0.636. The van der Waals surface area contributed by atoms with Crippen molar-refractivity contribution in [1.29, 1.82) is 0 Å². The first-order chi connectivity index (χ1) is 10.2. The summed E-state index contributed by atoms with van der Waals surface area (Å²) < 4.78 is 5.71. The molecule has 3 rings (SSSR count). The Hall–Kier alpha value is -2.86.